The van der Waals surface area contributed by atoms with Crippen molar-refractivity contribution in [3.05, 3.63) is 41.6 Å². The number of aromatic nitrogens is 2. The third-order valence-electron chi connectivity index (χ3n) is 4.17. The Morgan fingerprint density at radius 3 is 2.52 bits per heavy atom. The number of carbonyl (C=O) groups excluding carboxylic acids is 2. The van der Waals surface area contributed by atoms with E-state index in [9.17, 15) is 9.59 Å². The molecule has 0 aliphatic rings. The Bertz CT molecular complexity index is 824. The molecular weight excluding hydrogens is 364 g/mol. The first-order chi connectivity index (χ1) is 12.7. The zero-order valence-electron chi connectivity index (χ0n) is 16.5. The zero-order valence-corrected chi connectivity index (χ0v) is 17.3. The van der Waals surface area contributed by atoms with Crippen molar-refractivity contribution < 1.29 is 9.59 Å². The summed E-state index contributed by atoms with van der Waals surface area (Å²) in [6.45, 7) is 10.4. The predicted octanol–water partition coefficient (Wildman–Crippen LogP) is 3.50. The van der Waals surface area contributed by atoms with Gasteiger partial charge in [-0.1, -0.05) is 32.9 Å². The van der Waals surface area contributed by atoms with Gasteiger partial charge in [0.25, 0.3) is 0 Å². The summed E-state index contributed by atoms with van der Waals surface area (Å²) in [6, 6.07) is 9.78. The Balaban J connectivity index is 2.33. The number of rotatable bonds is 6. The van der Waals surface area contributed by atoms with E-state index in [0.717, 1.165) is 16.9 Å². The number of halogens is 1. The predicted molar refractivity (Wildman–Crippen MR) is 109 cm³/mol. The van der Waals surface area contributed by atoms with Crippen LogP contribution in [0.5, 0.6) is 0 Å². The van der Waals surface area contributed by atoms with E-state index in [2.05, 4.69) is 26.1 Å². The number of hydrogen-bond acceptors (Lipinski definition) is 3. The average molecular weight is 391 g/mol. The van der Waals surface area contributed by atoms with Gasteiger partial charge in [0.15, 0.2) is 0 Å². The van der Waals surface area contributed by atoms with Crippen molar-refractivity contribution in [2.75, 3.05) is 24.3 Å². The van der Waals surface area contributed by atoms with E-state index in [-0.39, 0.29) is 29.7 Å². The van der Waals surface area contributed by atoms with Gasteiger partial charge in [0.1, 0.15) is 11.7 Å². The van der Waals surface area contributed by atoms with E-state index in [1.807, 2.05) is 44.2 Å². The lowest BCUT2D eigenvalue weighted by molar-refractivity contribution is -0.132. The van der Waals surface area contributed by atoms with Gasteiger partial charge in [-0.3, -0.25) is 9.59 Å². The first-order valence-corrected chi connectivity index (χ1v) is 9.50. The summed E-state index contributed by atoms with van der Waals surface area (Å²) < 4.78 is 1.73. The lowest BCUT2D eigenvalue weighted by Gasteiger charge is -2.19. The fourth-order valence-electron chi connectivity index (χ4n) is 2.61. The minimum atomic E-state index is -0.287. The second-order valence-electron chi connectivity index (χ2n) is 7.51. The number of anilines is 1. The van der Waals surface area contributed by atoms with Crippen LogP contribution in [0.3, 0.4) is 0 Å². The molecule has 0 saturated carbocycles. The Labute approximate surface area is 165 Å². The van der Waals surface area contributed by atoms with Crippen LogP contribution in [-0.2, 0) is 15.0 Å². The van der Waals surface area contributed by atoms with Crippen molar-refractivity contribution in [2.45, 2.75) is 40.0 Å². The van der Waals surface area contributed by atoms with Gasteiger partial charge in [0.2, 0.25) is 11.8 Å². The standard InChI is InChI=1S/C20H27ClN4O2/c1-6-24(19(27)12-21)13-18(26)22-17-11-16(20(3,4)5)23-25(17)15-9-7-8-14(2)10-15/h7-11H,6,12-13H2,1-5H3,(H,22,26). The topological polar surface area (TPSA) is 67.2 Å². The molecule has 2 rings (SSSR count). The molecule has 1 aromatic heterocycles. The SMILES string of the molecule is CCN(CC(=O)Nc1cc(C(C)(C)C)nn1-c1cccc(C)c1)C(=O)CCl. The maximum atomic E-state index is 12.5. The van der Waals surface area contributed by atoms with Crippen LogP contribution in [0.15, 0.2) is 30.3 Å². The van der Waals surface area contributed by atoms with Gasteiger partial charge in [-0.05, 0) is 31.5 Å². The van der Waals surface area contributed by atoms with Crippen LogP contribution in [0.25, 0.3) is 5.69 Å². The second-order valence-corrected chi connectivity index (χ2v) is 7.77. The van der Waals surface area contributed by atoms with E-state index in [4.69, 9.17) is 16.7 Å². The Kier molecular flexibility index (Phi) is 6.65. The van der Waals surface area contributed by atoms with Gasteiger partial charge >= 0.3 is 0 Å². The minimum absolute atomic E-state index is 0.0497. The molecule has 0 bridgehead atoms. The lowest BCUT2D eigenvalue weighted by atomic mass is 9.92. The Morgan fingerprint density at radius 1 is 1.26 bits per heavy atom. The average Bonchev–Trinajstić information content (AvgIpc) is 3.03. The van der Waals surface area contributed by atoms with Gasteiger partial charge in [0, 0.05) is 18.0 Å². The summed E-state index contributed by atoms with van der Waals surface area (Å²) in [5, 5.41) is 7.59. The summed E-state index contributed by atoms with van der Waals surface area (Å²) in [6.07, 6.45) is 0. The largest absolute Gasteiger partial charge is 0.333 e. The van der Waals surface area contributed by atoms with Crippen LogP contribution in [0.4, 0.5) is 5.82 Å². The molecule has 1 aromatic carbocycles. The van der Waals surface area contributed by atoms with Crippen LogP contribution in [0, 0.1) is 6.92 Å². The molecule has 0 radical (unpaired) electrons. The lowest BCUT2D eigenvalue weighted by Crippen LogP contribution is -2.38. The number of benzene rings is 1. The molecule has 7 heteroatoms. The van der Waals surface area contributed by atoms with Gasteiger partial charge in [-0.25, -0.2) is 4.68 Å². The highest BCUT2D eigenvalue weighted by Crippen LogP contribution is 2.26. The molecule has 6 nitrogen and oxygen atoms in total. The number of carbonyl (C=O) groups is 2. The molecule has 146 valence electrons. The van der Waals surface area contributed by atoms with Gasteiger partial charge in [0.05, 0.1) is 17.9 Å². The molecule has 0 aliphatic carbocycles. The summed E-state index contributed by atoms with van der Waals surface area (Å²) in [4.78, 5) is 25.7. The van der Waals surface area contributed by atoms with Crippen LogP contribution in [0.1, 0.15) is 39.0 Å². The molecule has 0 unspecified atom stereocenters. The van der Waals surface area contributed by atoms with E-state index in [1.54, 1.807) is 4.68 Å². The number of likely N-dealkylation sites (N-methyl/N-ethyl adjacent to an activating group) is 1. The summed E-state index contributed by atoms with van der Waals surface area (Å²) >= 11 is 5.61. The van der Waals surface area contributed by atoms with Gasteiger partial charge in [-0.15, -0.1) is 11.6 Å². The van der Waals surface area contributed by atoms with E-state index in [0.29, 0.717) is 12.4 Å². The van der Waals surface area contributed by atoms with Crippen LogP contribution in [-0.4, -0.2) is 45.5 Å². The molecule has 27 heavy (non-hydrogen) atoms. The summed E-state index contributed by atoms with van der Waals surface area (Å²) in [5.41, 5.74) is 2.66. The fraction of sp³-hybridized carbons (Fsp3) is 0.450. The number of amides is 2. The highest BCUT2D eigenvalue weighted by molar-refractivity contribution is 6.27. The second kappa shape index (κ2) is 8.57. The van der Waals surface area contributed by atoms with Gasteiger partial charge in [-0.2, -0.15) is 5.10 Å². The molecule has 1 heterocycles. The van der Waals surface area contributed by atoms with Crippen molar-refractivity contribution >= 4 is 29.2 Å². The van der Waals surface area contributed by atoms with E-state index < -0.39 is 0 Å². The summed E-state index contributed by atoms with van der Waals surface area (Å²) in [7, 11) is 0. The Hall–Kier alpha value is -2.34. The molecular formula is C20H27ClN4O2. The summed E-state index contributed by atoms with van der Waals surface area (Å²) in [5.74, 6) is -0.123. The molecule has 0 atom stereocenters. The molecule has 2 aromatic rings. The van der Waals surface area contributed by atoms with Crippen molar-refractivity contribution in [3.63, 3.8) is 0 Å². The van der Waals surface area contributed by atoms with Crippen LogP contribution in [0.2, 0.25) is 0 Å². The van der Waals surface area contributed by atoms with E-state index in [1.165, 1.54) is 4.90 Å². The molecule has 0 saturated heterocycles. The maximum Gasteiger partial charge on any atom is 0.245 e. The molecule has 2 amide bonds. The van der Waals surface area contributed by atoms with Crippen molar-refractivity contribution in [1.29, 1.82) is 0 Å². The van der Waals surface area contributed by atoms with Crippen molar-refractivity contribution in [2.24, 2.45) is 0 Å². The quantitative estimate of drug-likeness (QED) is 0.767. The zero-order chi connectivity index (χ0) is 20.2. The molecule has 0 spiro atoms. The number of hydrogen-bond donors (Lipinski definition) is 1. The number of nitrogens with one attached hydrogen (secondary N) is 1. The first-order valence-electron chi connectivity index (χ1n) is 8.97. The number of nitrogens with zero attached hydrogens (tertiary/aromatic N) is 3. The highest BCUT2D eigenvalue weighted by Gasteiger charge is 2.22. The fourth-order valence-corrected chi connectivity index (χ4v) is 2.78. The normalized spacial score (nSPS) is 11.3. The minimum Gasteiger partial charge on any atom is -0.333 e. The van der Waals surface area contributed by atoms with Crippen molar-refractivity contribution in [1.82, 2.24) is 14.7 Å². The third-order valence-corrected chi connectivity index (χ3v) is 4.40. The monoisotopic (exact) mass is 390 g/mol. The van der Waals surface area contributed by atoms with Crippen molar-refractivity contribution in [3.8, 4) is 5.69 Å². The third kappa shape index (κ3) is 5.32. The molecule has 0 aliphatic heterocycles. The maximum absolute atomic E-state index is 12.5. The smallest absolute Gasteiger partial charge is 0.245 e. The number of aryl methyl sites for hydroxylation is 1. The molecule has 0 fully saturated rings. The Morgan fingerprint density at radius 2 is 1.96 bits per heavy atom. The van der Waals surface area contributed by atoms with E-state index >= 15 is 0 Å². The molecule has 1 N–H and O–H groups in total. The van der Waals surface area contributed by atoms with Crippen LogP contribution >= 0.6 is 11.6 Å². The van der Waals surface area contributed by atoms with Crippen LogP contribution < -0.4 is 5.32 Å². The highest BCUT2D eigenvalue weighted by atomic mass is 35.5. The van der Waals surface area contributed by atoms with Gasteiger partial charge < -0.3 is 10.2 Å². The first kappa shape index (κ1) is 21.0. The number of alkyl halides is 1.